The van der Waals surface area contributed by atoms with Gasteiger partial charge in [0, 0.05) is 18.5 Å². The SMILES string of the molecule is CCCc1cc(CNC(=O)Cn2cccnc2=O)on1. The Morgan fingerprint density at radius 1 is 1.50 bits per heavy atom. The summed E-state index contributed by atoms with van der Waals surface area (Å²) in [5.41, 5.74) is 0.424. The molecular weight excluding hydrogens is 260 g/mol. The van der Waals surface area contributed by atoms with Gasteiger partial charge in [0.1, 0.15) is 6.54 Å². The first-order valence-electron chi connectivity index (χ1n) is 6.41. The molecule has 0 atom stereocenters. The summed E-state index contributed by atoms with van der Waals surface area (Å²) in [6, 6.07) is 3.42. The molecule has 0 bridgehead atoms. The summed E-state index contributed by atoms with van der Waals surface area (Å²) in [6.07, 6.45) is 4.74. The lowest BCUT2D eigenvalue weighted by molar-refractivity contribution is -0.122. The fraction of sp³-hybridized carbons (Fsp3) is 0.385. The van der Waals surface area contributed by atoms with E-state index in [0.29, 0.717) is 5.76 Å². The molecule has 0 saturated heterocycles. The van der Waals surface area contributed by atoms with E-state index in [1.165, 1.54) is 17.0 Å². The van der Waals surface area contributed by atoms with Crippen LogP contribution in [0, 0.1) is 0 Å². The Hall–Kier alpha value is -2.44. The van der Waals surface area contributed by atoms with Gasteiger partial charge in [0.25, 0.3) is 0 Å². The largest absolute Gasteiger partial charge is 0.359 e. The highest BCUT2D eigenvalue weighted by Gasteiger charge is 2.07. The van der Waals surface area contributed by atoms with Gasteiger partial charge in [-0.1, -0.05) is 18.5 Å². The Bertz CT molecular complexity index is 632. The molecular formula is C13H16N4O3. The van der Waals surface area contributed by atoms with Crippen molar-refractivity contribution in [3.05, 3.63) is 46.5 Å². The number of hydrogen-bond donors (Lipinski definition) is 1. The van der Waals surface area contributed by atoms with Gasteiger partial charge < -0.3 is 9.84 Å². The van der Waals surface area contributed by atoms with E-state index in [1.54, 1.807) is 6.07 Å². The van der Waals surface area contributed by atoms with Crippen LogP contribution in [0.25, 0.3) is 0 Å². The fourth-order valence-corrected chi connectivity index (χ4v) is 1.72. The topological polar surface area (TPSA) is 90.0 Å². The number of amides is 1. The Labute approximate surface area is 115 Å². The quantitative estimate of drug-likeness (QED) is 0.829. The maximum Gasteiger partial charge on any atom is 0.347 e. The van der Waals surface area contributed by atoms with Crippen molar-refractivity contribution in [2.45, 2.75) is 32.9 Å². The van der Waals surface area contributed by atoms with Gasteiger partial charge in [-0.25, -0.2) is 9.78 Å². The third kappa shape index (κ3) is 3.78. The van der Waals surface area contributed by atoms with Crippen molar-refractivity contribution in [1.29, 1.82) is 0 Å². The minimum Gasteiger partial charge on any atom is -0.359 e. The molecule has 0 aliphatic carbocycles. The van der Waals surface area contributed by atoms with Crippen molar-refractivity contribution in [3.8, 4) is 0 Å². The Morgan fingerprint density at radius 2 is 2.35 bits per heavy atom. The number of rotatable bonds is 6. The summed E-state index contributed by atoms with van der Waals surface area (Å²) in [5.74, 6) is 0.314. The highest BCUT2D eigenvalue weighted by atomic mass is 16.5. The van der Waals surface area contributed by atoms with E-state index >= 15 is 0 Å². The molecule has 0 fully saturated rings. The molecule has 106 valence electrons. The predicted octanol–water partition coefficient (Wildman–Crippen LogP) is 0.500. The third-order valence-electron chi connectivity index (χ3n) is 2.67. The van der Waals surface area contributed by atoms with E-state index < -0.39 is 5.69 Å². The molecule has 0 aromatic carbocycles. The van der Waals surface area contributed by atoms with E-state index in [-0.39, 0.29) is 19.0 Å². The maximum atomic E-state index is 11.7. The zero-order valence-electron chi connectivity index (χ0n) is 11.2. The summed E-state index contributed by atoms with van der Waals surface area (Å²) in [6.45, 7) is 2.24. The van der Waals surface area contributed by atoms with E-state index in [9.17, 15) is 9.59 Å². The molecule has 0 aliphatic heterocycles. The maximum absolute atomic E-state index is 11.7. The Balaban J connectivity index is 1.86. The Morgan fingerprint density at radius 3 is 3.10 bits per heavy atom. The molecule has 2 heterocycles. The lowest BCUT2D eigenvalue weighted by Crippen LogP contribution is -2.32. The van der Waals surface area contributed by atoms with Crippen LogP contribution in [0.3, 0.4) is 0 Å². The summed E-state index contributed by atoms with van der Waals surface area (Å²) in [7, 11) is 0. The molecule has 0 aliphatic rings. The van der Waals surface area contributed by atoms with Gasteiger partial charge in [0.2, 0.25) is 5.91 Å². The van der Waals surface area contributed by atoms with Crippen LogP contribution in [-0.2, 0) is 24.3 Å². The van der Waals surface area contributed by atoms with Crippen LogP contribution < -0.4 is 11.0 Å². The number of carbonyl (C=O) groups is 1. The lowest BCUT2D eigenvalue weighted by atomic mass is 10.2. The molecule has 1 N–H and O–H groups in total. The van der Waals surface area contributed by atoms with E-state index in [0.717, 1.165) is 18.5 Å². The lowest BCUT2D eigenvalue weighted by Gasteiger charge is -2.04. The average molecular weight is 276 g/mol. The van der Waals surface area contributed by atoms with Gasteiger partial charge in [-0.2, -0.15) is 0 Å². The normalized spacial score (nSPS) is 10.4. The second-order valence-electron chi connectivity index (χ2n) is 4.34. The van der Waals surface area contributed by atoms with E-state index in [4.69, 9.17) is 4.52 Å². The molecule has 7 nitrogen and oxygen atoms in total. The zero-order chi connectivity index (χ0) is 14.4. The Kier molecular flexibility index (Phi) is 4.65. The van der Waals surface area contributed by atoms with Crippen LogP contribution in [0.15, 0.2) is 33.8 Å². The number of nitrogens with zero attached hydrogens (tertiary/aromatic N) is 3. The minimum atomic E-state index is -0.451. The van der Waals surface area contributed by atoms with Gasteiger partial charge in [-0.15, -0.1) is 0 Å². The van der Waals surface area contributed by atoms with Gasteiger partial charge in [0.05, 0.1) is 12.2 Å². The molecule has 0 unspecified atom stereocenters. The van der Waals surface area contributed by atoms with Crippen LogP contribution in [-0.4, -0.2) is 20.6 Å². The van der Waals surface area contributed by atoms with E-state index in [1.807, 2.05) is 6.07 Å². The van der Waals surface area contributed by atoms with Crippen molar-refractivity contribution in [3.63, 3.8) is 0 Å². The van der Waals surface area contributed by atoms with Crippen molar-refractivity contribution in [2.75, 3.05) is 0 Å². The van der Waals surface area contributed by atoms with Crippen LogP contribution in [0.5, 0.6) is 0 Å². The van der Waals surface area contributed by atoms with Crippen molar-refractivity contribution in [1.82, 2.24) is 20.0 Å². The molecule has 0 spiro atoms. The summed E-state index contributed by atoms with van der Waals surface area (Å²) in [4.78, 5) is 26.6. The first-order valence-corrected chi connectivity index (χ1v) is 6.41. The first kappa shape index (κ1) is 14.0. The number of carbonyl (C=O) groups excluding carboxylic acids is 1. The number of hydrogen-bond acceptors (Lipinski definition) is 5. The van der Waals surface area contributed by atoms with Gasteiger partial charge in [-0.05, 0) is 12.5 Å². The number of aryl methyl sites for hydroxylation is 1. The predicted molar refractivity (Wildman–Crippen MR) is 70.8 cm³/mol. The highest BCUT2D eigenvalue weighted by Crippen LogP contribution is 2.05. The van der Waals surface area contributed by atoms with Gasteiger partial charge in [0.15, 0.2) is 5.76 Å². The molecule has 1 amide bonds. The second kappa shape index (κ2) is 6.65. The molecule has 0 saturated carbocycles. The number of nitrogens with one attached hydrogen (secondary N) is 1. The highest BCUT2D eigenvalue weighted by molar-refractivity contribution is 5.75. The summed E-state index contributed by atoms with van der Waals surface area (Å²) in [5, 5.41) is 6.56. The molecule has 20 heavy (non-hydrogen) atoms. The molecule has 2 aromatic heterocycles. The first-order chi connectivity index (χ1) is 9.69. The summed E-state index contributed by atoms with van der Waals surface area (Å²) < 4.78 is 6.33. The van der Waals surface area contributed by atoms with Crippen LogP contribution in [0.4, 0.5) is 0 Å². The zero-order valence-corrected chi connectivity index (χ0v) is 11.2. The van der Waals surface area contributed by atoms with Gasteiger partial charge in [-0.3, -0.25) is 9.36 Å². The molecule has 2 rings (SSSR count). The van der Waals surface area contributed by atoms with Crippen molar-refractivity contribution >= 4 is 5.91 Å². The van der Waals surface area contributed by atoms with Crippen LogP contribution in [0.2, 0.25) is 0 Å². The molecule has 0 radical (unpaired) electrons. The molecule has 7 heteroatoms. The van der Waals surface area contributed by atoms with Crippen molar-refractivity contribution < 1.29 is 9.32 Å². The summed E-state index contributed by atoms with van der Waals surface area (Å²) >= 11 is 0. The van der Waals surface area contributed by atoms with Crippen LogP contribution >= 0.6 is 0 Å². The monoisotopic (exact) mass is 276 g/mol. The number of aromatic nitrogens is 3. The standard InChI is InChI=1S/C13H16N4O3/c1-2-4-10-7-11(20-16-10)8-15-12(18)9-17-6-3-5-14-13(17)19/h3,5-7H,2,4,8-9H2,1H3,(H,15,18). The average Bonchev–Trinajstić information content (AvgIpc) is 2.87. The minimum absolute atomic E-state index is 0.0668. The third-order valence-corrected chi connectivity index (χ3v) is 2.67. The smallest absolute Gasteiger partial charge is 0.347 e. The van der Waals surface area contributed by atoms with Crippen molar-refractivity contribution in [2.24, 2.45) is 0 Å². The fourth-order valence-electron chi connectivity index (χ4n) is 1.72. The molecule has 2 aromatic rings. The van der Waals surface area contributed by atoms with Crippen LogP contribution in [0.1, 0.15) is 24.8 Å². The van der Waals surface area contributed by atoms with Gasteiger partial charge >= 0.3 is 5.69 Å². The van der Waals surface area contributed by atoms with E-state index in [2.05, 4.69) is 22.4 Å². The second-order valence-corrected chi connectivity index (χ2v) is 4.34.